The first-order valence-corrected chi connectivity index (χ1v) is 6.69. The van der Waals surface area contributed by atoms with Gasteiger partial charge in [-0.3, -0.25) is 10.1 Å². The Balaban J connectivity index is 1.80. The third-order valence-electron chi connectivity index (χ3n) is 3.46. The molecule has 2 aromatic carbocycles. The molecule has 0 amide bonds. The van der Waals surface area contributed by atoms with E-state index in [1.165, 1.54) is 6.07 Å². The molecule has 4 heteroatoms. The van der Waals surface area contributed by atoms with Gasteiger partial charge in [0.05, 0.1) is 4.92 Å². The van der Waals surface area contributed by atoms with Crippen LogP contribution in [-0.4, -0.2) is 4.92 Å². The molecule has 0 N–H and O–H groups in total. The molecule has 102 valence electrons. The third kappa shape index (κ3) is 2.79. The van der Waals surface area contributed by atoms with Crippen LogP contribution >= 0.6 is 0 Å². The molecule has 0 bridgehead atoms. The summed E-state index contributed by atoms with van der Waals surface area (Å²) in [5.74, 6) is 1.18. The van der Waals surface area contributed by atoms with Crippen molar-refractivity contribution in [2.75, 3.05) is 0 Å². The number of hydrogen-bond acceptors (Lipinski definition) is 3. The number of nitro groups is 1. The molecule has 0 aromatic heterocycles. The monoisotopic (exact) mass is 269 g/mol. The molecule has 1 fully saturated rings. The van der Waals surface area contributed by atoms with E-state index in [2.05, 4.69) is 0 Å². The standard InChI is InChI=1S/C16H15NO3/c18-17(19)14-8-9-16(15(10-14)13-6-7-13)20-11-12-4-2-1-3-5-12/h1-5,8-10,13H,6-7,11H2. The summed E-state index contributed by atoms with van der Waals surface area (Å²) in [7, 11) is 0. The quantitative estimate of drug-likeness (QED) is 0.607. The number of hydrogen-bond donors (Lipinski definition) is 0. The van der Waals surface area contributed by atoms with Crippen molar-refractivity contribution >= 4 is 5.69 Å². The number of nitrogens with zero attached hydrogens (tertiary/aromatic N) is 1. The minimum atomic E-state index is -0.354. The summed E-state index contributed by atoms with van der Waals surface area (Å²) in [6, 6.07) is 14.8. The van der Waals surface area contributed by atoms with Gasteiger partial charge in [0.2, 0.25) is 0 Å². The van der Waals surface area contributed by atoms with Crippen molar-refractivity contribution in [2.45, 2.75) is 25.4 Å². The lowest BCUT2D eigenvalue weighted by molar-refractivity contribution is -0.384. The predicted molar refractivity (Wildman–Crippen MR) is 75.8 cm³/mol. The zero-order chi connectivity index (χ0) is 13.9. The Morgan fingerprint density at radius 1 is 1.15 bits per heavy atom. The van der Waals surface area contributed by atoms with E-state index in [0.717, 1.165) is 29.7 Å². The van der Waals surface area contributed by atoms with Gasteiger partial charge in [0.1, 0.15) is 12.4 Å². The maximum absolute atomic E-state index is 10.9. The van der Waals surface area contributed by atoms with E-state index in [1.54, 1.807) is 12.1 Å². The van der Waals surface area contributed by atoms with Gasteiger partial charge in [0, 0.05) is 17.7 Å². The van der Waals surface area contributed by atoms with Gasteiger partial charge in [-0.15, -0.1) is 0 Å². The highest BCUT2D eigenvalue weighted by molar-refractivity contribution is 5.47. The fourth-order valence-electron chi connectivity index (χ4n) is 2.23. The van der Waals surface area contributed by atoms with Crippen LogP contribution in [0.1, 0.15) is 29.9 Å². The van der Waals surface area contributed by atoms with Crippen molar-refractivity contribution in [3.8, 4) is 5.75 Å². The Hall–Kier alpha value is -2.36. The van der Waals surface area contributed by atoms with Crippen LogP contribution in [0.4, 0.5) is 5.69 Å². The Morgan fingerprint density at radius 3 is 2.55 bits per heavy atom. The maximum atomic E-state index is 10.9. The zero-order valence-corrected chi connectivity index (χ0v) is 11.0. The lowest BCUT2D eigenvalue weighted by Gasteiger charge is -2.11. The van der Waals surface area contributed by atoms with Crippen LogP contribution in [0.3, 0.4) is 0 Å². The van der Waals surface area contributed by atoms with Crippen LogP contribution in [0.5, 0.6) is 5.75 Å². The van der Waals surface area contributed by atoms with E-state index in [9.17, 15) is 10.1 Å². The lowest BCUT2D eigenvalue weighted by atomic mass is 10.1. The van der Waals surface area contributed by atoms with Gasteiger partial charge < -0.3 is 4.74 Å². The van der Waals surface area contributed by atoms with Crippen molar-refractivity contribution < 1.29 is 9.66 Å². The molecule has 3 rings (SSSR count). The van der Waals surface area contributed by atoms with E-state index in [4.69, 9.17) is 4.74 Å². The summed E-state index contributed by atoms with van der Waals surface area (Å²) in [5, 5.41) is 10.9. The first-order chi connectivity index (χ1) is 9.74. The summed E-state index contributed by atoms with van der Waals surface area (Å²) < 4.78 is 5.84. The molecule has 0 heterocycles. The summed E-state index contributed by atoms with van der Waals surface area (Å²) >= 11 is 0. The Kier molecular flexibility index (Phi) is 3.37. The molecule has 0 saturated heterocycles. The molecule has 0 atom stereocenters. The summed E-state index contributed by atoms with van der Waals surface area (Å²) in [4.78, 5) is 10.5. The topological polar surface area (TPSA) is 52.4 Å². The van der Waals surface area contributed by atoms with Crippen LogP contribution in [0.25, 0.3) is 0 Å². The van der Waals surface area contributed by atoms with Crippen molar-refractivity contribution in [3.05, 3.63) is 69.8 Å². The highest BCUT2D eigenvalue weighted by Gasteiger charge is 2.28. The summed E-state index contributed by atoms with van der Waals surface area (Å²) in [5.41, 5.74) is 2.20. The zero-order valence-electron chi connectivity index (χ0n) is 11.0. The molecule has 0 radical (unpaired) electrons. The van der Waals surface area contributed by atoms with E-state index >= 15 is 0 Å². The van der Waals surface area contributed by atoms with E-state index in [-0.39, 0.29) is 10.6 Å². The number of benzene rings is 2. The van der Waals surface area contributed by atoms with Gasteiger partial charge in [-0.25, -0.2) is 0 Å². The molecule has 0 unspecified atom stereocenters. The molecular formula is C16H15NO3. The minimum Gasteiger partial charge on any atom is -0.489 e. The van der Waals surface area contributed by atoms with Gasteiger partial charge >= 0.3 is 0 Å². The van der Waals surface area contributed by atoms with Crippen LogP contribution in [0.2, 0.25) is 0 Å². The van der Waals surface area contributed by atoms with Gasteiger partial charge in [-0.2, -0.15) is 0 Å². The molecule has 20 heavy (non-hydrogen) atoms. The molecule has 2 aromatic rings. The van der Waals surface area contributed by atoms with Gasteiger partial charge in [0.25, 0.3) is 5.69 Å². The van der Waals surface area contributed by atoms with Crippen molar-refractivity contribution in [3.63, 3.8) is 0 Å². The van der Waals surface area contributed by atoms with E-state index in [0.29, 0.717) is 12.5 Å². The smallest absolute Gasteiger partial charge is 0.269 e. The molecule has 0 aliphatic heterocycles. The normalized spacial score (nSPS) is 14.0. The SMILES string of the molecule is O=[N+]([O-])c1ccc(OCc2ccccc2)c(C2CC2)c1. The molecular weight excluding hydrogens is 254 g/mol. The van der Waals surface area contributed by atoms with Crippen molar-refractivity contribution in [1.82, 2.24) is 0 Å². The Labute approximate surface area is 117 Å². The fraction of sp³-hybridized carbons (Fsp3) is 0.250. The van der Waals surface area contributed by atoms with E-state index in [1.807, 2.05) is 30.3 Å². The molecule has 4 nitrogen and oxygen atoms in total. The molecule has 1 saturated carbocycles. The van der Waals surface area contributed by atoms with Crippen LogP contribution < -0.4 is 4.74 Å². The van der Waals surface area contributed by atoms with Crippen LogP contribution in [-0.2, 0) is 6.61 Å². The maximum Gasteiger partial charge on any atom is 0.269 e. The second kappa shape index (κ2) is 5.33. The van der Waals surface area contributed by atoms with Crippen molar-refractivity contribution in [1.29, 1.82) is 0 Å². The number of non-ortho nitro benzene ring substituents is 1. The predicted octanol–water partition coefficient (Wildman–Crippen LogP) is 4.05. The highest BCUT2D eigenvalue weighted by Crippen LogP contribution is 2.45. The number of nitro benzene ring substituents is 1. The first-order valence-electron chi connectivity index (χ1n) is 6.69. The number of ether oxygens (including phenoxy) is 1. The van der Waals surface area contributed by atoms with Crippen LogP contribution in [0.15, 0.2) is 48.5 Å². The number of rotatable bonds is 5. The summed E-state index contributed by atoms with van der Waals surface area (Å²) in [6.45, 7) is 0.484. The third-order valence-corrected chi connectivity index (χ3v) is 3.46. The second-order valence-corrected chi connectivity index (χ2v) is 5.03. The first kappa shape index (κ1) is 12.7. The largest absolute Gasteiger partial charge is 0.489 e. The second-order valence-electron chi connectivity index (χ2n) is 5.03. The Bertz CT molecular complexity index is 621. The summed E-state index contributed by atoms with van der Waals surface area (Å²) in [6.07, 6.45) is 2.17. The molecule has 1 aliphatic rings. The van der Waals surface area contributed by atoms with Gasteiger partial charge in [-0.05, 0) is 30.4 Å². The Morgan fingerprint density at radius 2 is 1.90 bits per heavy atom. The highest BCUT2D eigenvalue weighted by atomic mass is 16.6. The van der Waals surface area contributed by atoms with Gasteiger partial charge in [-0.1, -0.05) is 30.3 Å². The van der Waals surface area contributed by atoms with E-state index < -0.39 is 0 Å². The van der Waals surface area contributed by atoms with Crippen LogP contribution in [0, 0.1) is 10.1 Å². The average Bonchev–Trinajstić information content (AvgIpc) is 3.30. The van der Waals surface area contributed by atoms with Gasteiger partial charge in [0.15, 0.2) is 0 Å². The average molecular weight is 269 g/mol. The molecule has 0 spiro atoms. The minimum absolute atomic E-state index is 0.138. The molecule has 1 aliphatic carbocycles. The fourth-order valence-corrected chi connectivity index (χ4v) is 2.23. The van der Waals surface area contributed by atoms with Crippen molar-refractivity contribution in [2.24, 2.45) is 0 Å². The lowest BCUT2D eigenvalue weighted by Crippen LogP contribution is -1.99.